The number of nitrogens with one attached hydrogen (secondary N) is 1. The number of amides is 1. The summed E-state index contributed by atoms with van der Waals surface area (Å²) in [6.45, 7) is 7.21. The molecule has 0 atom stereocenters. The lowest BCUT2D eigenvalue weighted by atomic mass is 10.2. The molecule has 0 saturated heterocycles. The van der Waals surface area contributed by atoms with Gasteiger partial charge in [0.15, 0.2) is 0 Å². The zero-order chi connectivity index (χ0) is 16.8. The van der Waals surface area contributed by atoms with Crippen LogP contribution in [-0.4, -0.2) is 45.4 Å². The van der Waals surface area contributed by atoms with E-state index in [0.717, 1.165) is 9.87 Å². The number of methoxy groups -OCH3 is 1. The van der Waals surface area contributed by atoms with Gasteiger partial charge in [0.1, 0.15) is 10.6 Å². The molecule has 0 bridgehead atoms. The minimum atomic E-state index is -3.81. The summed E-state index contributed by atoms with van der Waals surface area (Å²) in [5.74, 6) is -0.118. The van der Waals surface area contributed by atoms with Crippen molar-refractivity contribution >= 4 is 15.9 Å². The summed E-state index contributed by atoms with van der Waals surface area (Å²) in [6, 6.07) is 4.91. The Balaban J connectivity index is 3.11. The van der Waals surface area contributed by atoms with E-state index >= 15 is 0 Å². The van der Waals surface area contributed by atoms with Crippen molar-refractivity contribution in [2.75, 3.05) is 26.7 Å². The van der Waals surface area contributed by atoms with Crippen LogP contribution in [0.5, 0.6) is 5.75 Å². The lowest BCUT2D eigenvalue weighted by Gasteiger charge is -2.21. The predicted octanol–water partition coefficient (Wildman–Crippen LogP) is 1.32. The third kappa shape index (κ3) is 4.32. The first-order valence-corrected chi connectivity index (χ1v) is 8.33. The SMILES string of the molecule is C=CCNC(=O)CN(CC)S(=O)(=O)c1cc(C)ccc1OC. The fourth-order valence-corrected chi connectivity index (χ4v) is 3.54. The highest BCUT2D eigenvalue weighted by Gasteiger charge is 2.28. The Bertz CT molecular complexity index is 641. The van der Waals surface area contributed by atoms with Gasteiger partial charge in [-0.25, -0.2) is 8.42 Å². The van der Waals surface area contributed by atoms with Crippen LogP contribution in [0.3, 0.4) is 0 Å². The lowest BCUT2D eigenvalue weighted by molar-refractivity contribution is -0.121. The monoisotopic (exact) mass is 326 g/mol. The zero-order valence-corrected chi connectivity index (χ0v) is 13.9. The van der Waals surface area contributed by atoms with E-state index in [1.54, 1.807) is 32.0 Å². The minimum Gasteiger partial charge on any atom is -0.495 e. The minimum absolute atomic E-state index is 0.0633. The molecule has 1 aromatic rings. The Morgan fingerprint density at radius 2 is 2.14 bits per heavy atom. The van der Waals surface area contributed by atoms with Gasteiger partial charge in [-0.1, -0.05) is 19.1 Å². The molecule has 0 spiro atoms. The van der Waals surface area contributed by atoms with E-state index in [2.05, 4.69) is 11.9 Å². The van der Waals surface area contributed by atoms with Gasteiger partial charge in [0, 0.05) is 13.1 Å². The standard InChI is InChI=1S/C15H22N2O4S/c1-5-9-16-15(18)11-17(6-2)22(19,20)14-10-12(3)7-8-13(14)21-4/h5,7-8,10H,1,6,9,11H2,2-4H3,(H,16,18). The molecule has 1 amide bonds. The first kappa shape index (κ1) is 18.2. The third-order valence-electron chi connectivity index (χ3n) is 3.05. The molecule has 0 heterocycles. The third-order valence-corrected chi connectivity index (χ3v) is 5.00. The van der Waals surface area contributed by atoms with E-state index in [-0.39, 0.29) is 29.6 Å². The van der Waals surface area contributed by atoms with Crippen molar-refractivity contribution < 1.29 is 17.9 Å². The summed E-state index contributed by atoms with van der Waals surface area (Å²) in [6.07, 6.45) is 1.53. The molecular weight excluding hydrogens is 304 g/mol. The van der Waals surface area contributed by atoms with E-state index in [1.807, 2.05) is 0 Å². The average molecular weight is 326 g/mol. The van der Waals surface area contributed by atoms with Crippen molar-refractivity contribution in [3.05, 3.63) is 36.4 Å². The van der Waals surface area contributed by atoms with Gasteiger partial charge >= 0.3 is 0 Å². The molecule has 0 fully saturated rings. The topological polar surface area (TPSA) is 75.7 Å². The van der Waals surface area contributed by atoms with Crippen LogP contribution < -0.4 is 10.1 Å². The highest BCUT2D eigenvalue weighted by molar-refractivity contribution is 7.89. The van der Waals surface area contributed by atoms with Crippen LogP contribution in [0.15, 0.2) is 35.7 Å². The molecular formula is C15H22N2O4S. The van der Waals surface area contributed by atoms with Gasteiger partial charge in [0.05, 0.1) is 13.7 Å². The molecule has 1 aromatic carbocycles. The second-order valence-corrected chi connectivity index (χ2v) is 6.58. The summed E-state index contributed by atoms with van der Waals surface area (Å²) in [4.78, 5) is 11.8. The van der Waals surface area contributed by atoms with Crippen molar-refractivity contribution in [2.45, 2.75) is 18.7 Å². The first-order valence-electron chi connectivity index (χ1n) is 6.89. The number of benzene rings is 1. The van der Waals surface area contributed by atoms with E-state index in [9.17, 15) is 13.2 Å². The van der Waals surface area contributed by atoms with Gasteiger partial charge in [-0.05, 0) is 24.6 Å². The molecule has 0 unspecified atom stereocenters. The van der Waals surface area contributed by atoms with Gasteiger partial charge in [0.2, 0.25) is 15.9 Å². The number of carbonyl (C=O) groups excluding carboxylic acids is 1. The quantitative estimate of drug-likeness (QED) is 0.731. The average Bonchev–Trinajstić information content (AvgIpc) is 2.50. The van der Waals surface area contributed by atoms with Crippen molar-refractivity contribution in [2.24, 2.45) is 0 Å². The molecule has 0 saturated carbocycles. The molecule has 6 nitrogen and oxygen atoms in total. The zero-order valence-electron chi connectivity index (χ0n) is 13.1. The summed E-state index contributed by atoms with van der Waals surface area (Å²) in [7, 11) is -2.40. The van der Waals surface area contributed by atoms with E-state index in [4.69, 9.17) is 4.74 Å². The molecule has 22 heavy (non-hydrogen) atoms. The number of rotatable bonds is 8. The highest BCUT2D eigenvalue weighted by atomic mass is 32.2. The van der Waals surface area contributed by atoms with Gasteiger partial charge in [-0.15, -0.1) is 6.58 Å². The first-order chi connectivity index (χ1) is 10.4. The summed E-state index contributed by atoms with van der Waals surface area (Å²) in [5.41, 5.74) is 0.798. The Labute approximate surface area is 131 Å². The Morgan fingerprint density at radius 3 is 2.68 bits per heavy atom. The molecule has 0 aromatic heterocycles. The lowest BCUT2D eigenvalue weighted by Crippen LogP contribution is -2.40. The van der Waals surface area contributed by atoms with Gasteiger partial charge in [0.25, 0.3) is 0 Å². The predicted molar refractivity (Wildman–Crippen MR) is 85.4 cm³/mol. The number of ether oxygens (including phenoxy) is 1. The molecule has 0 aliphatic carbocycles. The fourth-order valence-electron chi connectivity index (χ4n) is 1.89. The number of carbonyl (C=O) groups is 1. The molecule has 1 rings (SSSR count). The van der Waals surface area contributed by atoms with Gasteiger partial charge in [-0.3, -0.25) is 4.79 Å². The number of likely N-dealkylation sites (N-methyl/N-ethyl adjacent to an activating group) is 1. The Kier molecular flexibility index (Phi) is 6.58. The van der Waals surface area contributed by atoms with Crippen LogP contribution in [0.1, 0.15) is 12.5 Å². The number of sulfonamides is 1. The summed E-state index contributed by atoms with van der Waals surface area (Å²) >= 11 is 0. The fraction of sp³-hybridized carbons (Fsp3) is 0.400. The maximum Gasteiger partial charge on any atom is 0.247 e. The summed E-state index contributed by atoms with van der Waals surface area (Å²) < 4.78 is 31.7. The van der Waals surface area contributed by atoms with Crippen molar-refractivity contribution in [3.8, 4) is 5.75 Å². The second kappa shape index (κ2) is 7.95. The van der Waals surface area contributed by atoms with Crippen LogP contribution >= 0.6 is 0 Å². The van der Waals surface area contributed by atoms with Crippen molar-refractivity contribution in [1.82, 2.24) is 9.62 Å². The number of aryl methyl sites for hydroxylation is 1. The summed E-state index contributed by atoms with van der Waals surface area (Å²) in [5, 5.41) is 2.57. The van der Waals surface area contributed by atoms with E-state index < -0.39 is 10.0 Å². The maximum atomic E-state index is 12.8. The van der Waals surface area contributed by atoms with E-state index in [1.165, 1.54) is 13.2 Å². The molecule has 122 valence electrons. The molecule has 0 aliphatic rings. The second-order valence-electron chi connectivity index (χ2n) is 4.68. The van der Waals surface area contributed by atoms with Crippen LogP contribution in [0.4, 0.5) is 0 Å². The normalized spacial score (nSPS) is 11.3. The molecule has 7 heteroatoms. The van der Waals surface area contributed by atoms with Crippen molar-refractivity contribution in [1.29, 1.82) is 0 Å². The molecule has 0 aliphatic heterocycles. The Hall–Kier alpha value is -1.86. The number of hydrogen-bond donors (Lipinski definition) is 1. The van der Waals surface area contributed by atoms with E-state index in [0.29, 0.717) is 6.54 Å². The Morgan fingerprint density at radius 1 is 1.45 bits per heavy atom. The van der Waals surface area contributed by atoms with Gasteiger partial charge in [-0.2, -0.15) is 4.31 Å². The van der Waals surface area contributed by atoms with Crippen LogP contribution in [-0.2, 0) is 14.8 Å². The van der Waals surface area contributed by atoms with Crippen LogP contribution in [0, 0.1) is 6.92 Å². The largest absolute Gasteiger partial charge is 0.495 e. The van der Waals surface area contributed by atoms with Crippen molar-refractivity contribution in [3.63, 3.8) is 0 Å². The molecule has 1 N–H and O–H groups in total. The van der Waals surface area contributed by atoms with Crippen LogP contribution in [0.25, 0.3) is 0 Å². The smallest absolute Gasteiger partial charge is 0.247 e. The number of nitrogens with zero attached hydrogens (tertiary/aromatic N) is 1. The number of hydrogen-bond acceptors (Lipinski definition) is 4. The van der Waals surface area contributed by atoms with Gasteiger partial charge < -0.3 is 10.1 Å². The molecule has 0 radical (unpaired) electrons. The maximum absolute atomic E-state index is 12.8. The van der Waals surface area contributed by atoms with Crippen LogP contribution in [0.2, 0.25) is 0 Å². The highest BCUT2D eigenvalue weighted by Crippen LogP contribution is 2.27.